The predicted octanol–water partition coefficient (Wildman–Crippen LogP) is 1.76. The van der Waals surface area contributed by atoms with E-state index in [0.717, 1.165) is 13.0 Å². The molecule has 2 nitrogen and oxygen atoms in total. The zero-order valence-corrected chi connectivity index (χ0v) is 7.60. The summed E-state index contributed by atoms with van der Waals surface area (Å²) >= 11 is 1.81. The number of allylic oxidation sites excluding steroid dienone is 1. The summed E-state index contributed by atoms with van der Waals surface area (Å²) in [6.45, 7) is 1.06. The highest BCUT2D eigenvalue weighted by Crippen LogP contribution is 2.29. The van der Waals surface area contributed by atoms with Crippen LogP contribution in [0.1, 0.15) is 6.42 Å². The number of hydrogen-bond donors (Lipinski definition) is 2. The van der Waals surface area contributed by atoms with Gasteiger partial charge in [0, 0.05) is 29.8 Å². The molecule has 0 aliphatic carbocycles. The third-order valence-corrected chi connectivity index (χ3v) is 3.01. The van der Waals surface area contributed by atoms with Crippen molar-refractivity contribution < 1.29 is 0 Å². The maximum atomic E-state index is 3.25. The smallest absolute Gasteiger partial charge is 0.0219 e. The second-order valence-electron chi connectivity index (χ2n) is 2.88. The van der Waals surface area contributed by atoms with E-state index in [2.05, 4.69) is 28.3 Å². The monoisotopic (exact) mass is 180 g/mol. The second kappa shape index (κ2) is 3.72. The van der Waals surface area contributed by atoms with Gasteiger partial charge in [-0.3, -0.25) is 0 Å². The lowest BCUT2D eigenvalue weighted by molar-refractivity contribution is 0.585. The van der Waals surface area contributed by atoms with Crippen molar-refractivity contribution in [2.45, 2.75) is 6.42 Å². The van der Waals surface area contributed by atoms with Gasteiger partial charge in [-0.05, 0) is 18.0 Å². The van der Waals surface area contributed by atoms with Gasteiger partial charge in [-0.1, -0.05) is 17.8 Å². The minimum atomic E-state index is 0.650. The maximum absolute atomic E-state index is 3.25. The van der Waals surface area contributed by atoms with Crippen LogP contribution in [0.3, 0.4) is 0 Å². The van der Waals surface area contributed by atoms with Gasteiger partial charge in [-0.2, -0.15) is 0 Å². The Labute approximate surface area is 76.8 Å². The molecule has 64 valence electrons. The Morgan fingerprint density at radius 1 is 1.42 bits per heavy atom. The molecule has 0 bridgehead atoms. The highest BCUT2D eigenvalue weighted by atomic mass is 32.2. The third-order valence-electron chi connectivity index (χ3n) is 2.02. The summed E-state index contributed by atoms with van der Waals surface area (Å²) in [4.78, 5) is 1.43. The van der Waals surface area contributed by atoms with E-state index in [0.29, 0.717) is 5.92 Å². The first-order valence-corrected chi connectivity index (χ1v) is 5.01. The second-order valence-corrected chi connectivity index (χ2v) is 3.86. The molecule has 2 N–H and O–H groups in total. The molecule has 2 aliphatic rings. The van der Waals surface area contributed by atoms with Crippen molar-refractivity contribution in [1.29, 1.82) is 0 Å². The Bertz CT molecular complexity index is 243. The lowest BCUT2D eigenvalue weighted by Crippen LogP contribution is -2.23. The van der Waals surface area contributed by atoms with Crippen LogP contribution in [-0.4, -0.2) is 6.54 Å². The molecule has 1 atom stereocenters. The van der Waals surface area contributed by atoms with Crippen LogP contribution >= 0.6 is 11.8 Å². The first-order valence-electron chi connectivity index (χ1n) is 4.13. The highest BCUT2D eigenvalue weighted by molar-refractivity contribution is 8.05. The van der Waals surface area contributed by atoms with E-state index in [4.69, 9.17) is 0 Å². The summed E-state index contributed by atoms with van der Waals surface area (Å²) in [6, 6.07) is 0. The Morgan fingerprint density at radius 3 is 3.08 bits per heavy atom. The van der Waals surface area contributed by atoms with Gasteiger partial charge >= 0.3 is 0 Å². The van der Waals surface area contributed by atoms with E-state index >= 15 is 0 Å². The van der Waals surface area contributed by atoms with Crippen molar-refractivity contribution in [2.75, 3.05) is 6.54 Å². The molecule has 0 aromatic rings. The van der Waals surface area contributed by atoms with E-state index in [-0.39, 0.29) is 0 Å². The molecule has 0 aromatic carbocycles. The minimum absolute atomic E-state index is 0.650. The molecule has 0 amide bonds. The van der Waals surface area contributed by atoms with Crippen LogP contribution in [0.4, 0.5) is 0 Å². The van der Waals surface area contributed by atoms with Crippen LogP contribution < -0.4 is 10.6 Å². The molecule has 0 radical (unpaired) electrons. The summed E-state index contributed by atoms with van der Waals surface area (Å²) < 4.78 is 0. The quantitative estimate of drug-likeness (QED) is 0.643. The fourth-order valence-electron chi connectivity index (χ4n) is 1.36. The molecule has 1 unspecified atom stereocenters. The van der Waals surface area contributed by atoms with Gasteiger partial charge < -0.3 is 10.6 Å². The molecular weight excluding hydrogens is 168 g/mol. The number of hydrogen-bond acceptors (Lipinski definition) is 3. The van der Waals surface area contributed by atoms with Crippen molar-refractivity contribution in [3.63, 3.8) is 0 Å². The molecule has 0 fully saturated rings. The summed E-state index contributed by atoms with van der Waals surface area (Å²) in [6.07, 6.45) is 9.43. The van der Waals surface area contributed by atoms with E-state index in [1.54, 1.807) is 0 Å². The van der Waals surface area contributed by atoms with Crippen molar-refractivity contribution >= 4 is 11.8 Å². The van der Waals surface area contributed by atoms with Crippen molar-refractivity contribution in [1.82, 2.24) is 10.6 Å². The number of rotatable bonds is 1. The Kier molecular flexibility index (Phi) is 2.42. The van der Waals surface area contributed by atoms with Gasteiger partial charge in [0.05, 0.1) is 0 Å². The summed E-state index contributed by atoms with van der Waals surface area (Å²) in [7, 11) is 0. The fourth-order valence-corrected chi connectivity index (χ4v) is 2.17. The average molecular weight is 180 g/mol. The maximum Gasteiger partial charge on any atom is 0.0219 e. The van der Waals surface area contributed by atoms with E-state index < -0.39 is 0 Å². The zero-order chi connectivity index (χ0) is 8.23. The topological polar surface area (TPSA) is 24.1 Å². The molecule has 2 aliphatic heterocycles. The third kappa shape index (κ3) is 1.67. The van der Waals surface area contributed by atoms with E-state index in [1.807, 2.05) is 24.2 Å². The standard InChI is InChI=1S/C9H12N2S/c1-2-8(6-10-3-1)9-7-11-4-5-12-9/h1,3-5,7-8,10-11H,2,6H2. The first kappa shape index (κ1) is 7.80. The molecule has 0 saturated heterocycles. The Hall–Kier alpha value is -0.830. The minimum Gasteiger partial charge on any atom is -0.391 e. The average Bonchev–Trinajstić information content (AvgIpc) is 2.21. The van der Waals surface area contributed by atoms with Crippen LogP contribution in [0.15, 0.2) is 35.0 Å². The van der Waals surface area contributed by atoms with Crippen LogP contribution in [0.5, 0.6) is 0 Å². The molecule has 0 aromatic heterocycles. The first-order chi connectivity index (χ1) is 5.97. The summed E-state index contributed by atoms with van der Waals surface area (Å²) in [5, 5.41) is 8.45. The van der Waals surface area contributed by atoms with Crippen molar-refractivity contribution in [2.24, 2.45) is 5.92 Å². The Morgan fingerprint density at radius 2 is 2.42 bits per heavy atom. The van der Waals surface area contributed by atoms with Gasteiger partial charge in [0.2, 0.25) is 0 Å². The molecule has 3 heteroatoms. The molecular formula is C9H12N2S. The predicted molar refractivity (Wildman–Crippen MR) is 53.2 cm³/mol. The van der Waals surface area contributed by atoms with Crippen molar-refractivity contribution in [3.8, 4) is 0 Å². The molecule has 2 rings (SSSR count). The van der Waals surface area contributed by atoms with Crippen LogP contribution in [0.2, 0.25) is 0 Å². The van der Waals surface area contributed by atoms with Gasteiger partial charge in [0.1, 0.15) is 0 Å². The number of nitrogens with one attached hydrogen (secondary N) is 2. The normalized spacial score (nSPS) is 27.3. The van der Waals surface area contributed by atoms with E-state index in [1.165, 1.54) is 4.91 Å². The Balaban J connectivity index is 1.99. The van der Waals surface area contributed by atoms with Crippen LogP contribution in [0.25, 0.3) is 0 Å². The SMILES string of the molecule is C1=CNCC(C2=CNC=CS2)C1. The molecule has 0 saturated carbocycles. The lowest BCUT2D eigenvalue weighted by atomic mass is 10.0. The van der Waals surface area contributed by atoms with Gasteiger partial charge in [0.25, 0.3) is 0 Å². The summed E-state index contributed by atoms with van der Waals surface area (Å²) in [5.74, 6) is 0.650. The molecule has 0 spiro atoms. The van der Waals surface area contributed by atoms with Crippen molar-refractivity contribution in [3.05, 3.63) is 35.0 Å². The van der Waals surface area contributed by atoms with Gasteiger partial charge in [0.15, 0.2) is 0 Å². The van der Waals surface area contributed by atoms with Gasteiger partial charge in [-0.15, -0.1) is 0 Å². The number of thioether (sulfide) groups is 1. The lowest BCUT2D eigenvalue weighted by Gasteiger charge is -2.22. The zero-order valence-electron chi connectivity index (χ0n) is 6.79. The molecule has 2 heterocycles. The van der Waals surface area contributed by atoms with Crippen LogP contribution in [0, 0.1) is 5.92 Å². The largest absolute Gasteiger partial charge is 0.391 e. The fraction of sp³-hybridized carbons (Fsp3) is 0.333. The highest BCUT2D eigenvalue weighted by Gasteiger charge is 2.15. The van der Waals surface area contributed by atoms with Gasteiger partial charge in [-0.25, -0.2) is 0 Å². The van der Waals surface area contributed by atoms with E-state index in [9.17, 15) is 0 Å². The summed E-state index contributed by atoms with van der Waals surface area (Å²) in [5.41, 5.74) is 0. The molecule has 12 heavy (non-hydrogen) atoms. The van der Waals surface area contributed by atoms with Crippen LogP contribution in [-0.2, 0) is 0 Å².